The van der Waals surface area contributed by atoms with Crippen LogP contribution in [0.2, 0.25) is 0 Å². The molecule has 0 amide bonds. The van der Waals surface area contributed by atoms with Gasteiger partial charge in [0.1, 0.15) is 11.6 Å². The number of methoxy groups -OCH3 is 1. The second kappa shape index (κ2) is 5.57. The van der Waals surface area contributed by atoms with Crippen LogP contribution in [0.25, 0.3) is 15.9 Å². The molecule has 6 nitrogen and oxygen atoms in total. The monoisotopic (exact) mass is 342 g/mol. The second-order valence-corrected chi connectivity index (χ2v) is 5.99. The topological polar surface area (TPSA) is 68.5 Å². The van der Waals surface area contributed by atoms with E-state index in [1.807, 2.05) is 24.3 Å². The Kier molecular flexibility index (Phi) is 3.39. The van der Waals surface area contributed by atoms with E-state index in [0.29, 0.717) is 21.0 Å². The van der Waals surface area contributed by atoms with E-state index in [0.717, 1.165) is 11.4 Å². The van der Waals surface area contributed by atoms with Gasteiger partial charge in [-0.1, -0.05) is 11.3 Å². The lowest BCUT2D eigenvalue weighted by Crippen LogP contribution is -2.15. The van der Waals surface area contributed by atoms with Crippen LogP contribution in [-0.4, -0.2) is 21.7 Å². The highest BCUT2D eigenvalue weighted by molar-refractivity contribution is 7.20. The smallest absolute Gasteiger partial charge is 0.283 e. The Labute approximate surface area is 139 Å². The molecule has 2 aromatic heterocycles. The normalized spacial score (nSPS) is 11.1. The molecule has 0 bridgehead atoms. The fourth-order valence-corrected chi connectivity index (χ4v) is 3.15. The first-order valence-electron chi connectivity index (χ1n) is 7.04. The Morgan fingerprint density at radius 2 is 2.00 bits per heavy atom. The summed E-state index contributed by atoms with van der Waals surface area (Å²) in [4.78, 5) is 17.2. The molecule has 4 rings (SSSR count). The lowest BCUT2D eigenvalue weighted by Gasteiger charge is -2.03. The van der Waals surface area contributed by atoms with Gasteiger partial charge < -0.3 is 10.1 Å². The Hall–Kier alpha value is -3.00. The maximum atomic E-state index is 13.3. The summed E-state index contributed by atoms with van der Waals surface area (Å²) in [6.45, 7) is 0. The zero-order valence-corrected chi connectivity index (χ0v) is 13.3. The molecule has 0 fully saturated rings. The van der Waals surface area contributed by atoms with Gasteiger partial charge in [0, 0.05) is 11.8 Å². The summed E-state index contributed by atoms with van der Waals surface area (Å²) in [6.07, 6.45) is 0. The molecule has 120 valence electrons. The highest BCUT2D eigenvalue weighted by Crippen LogP contribution is 2.24. The zero-order chi connectivity index (χ0) is 16.7. The van der Waals surface area contributed by atoms with Gasteiger partial charge in [-0.25, -0.2) is 9.37 Å². The Morgan fingerprint density at radius 1 is 1.21 bits per heavy atom. The molecule has 0 aliphatic rings. The lowest BCUT2D eigenvalue weighted by molar-refractivity contribution is 0.415. The molecule has 0 aliphatic carbocycles. The number of nitrogens with one attached hydrogen (secondary N) is 1. The van der Waals surface area contributed by atoms with Gasteiger partial charge in [0.15, 0.2) is 0 Å². The molecular formula is C16H11FN4O2S. The summed E-state index contributed by atoms with van der Waals surface area (Å²) in [5.41, 5.74) is 0.798. The number of halogens is 1. The van der Waals surface area contributed by atoms with E-state index < -0.39 is 5.82 Å². The van der Waals surface area contributed by atoms with Gasteiger partial charge in [-0.05, 0) is 36.4 Å². The molecule has 0 atom stereocenters. The highest BCUT2D eigenvalue weighted by atomic mass is 32.1. The number of aromatic nitrogens is 3. The molecule has 0 radical (unpaired) electrons. The summed E-state index contributed by atoms with van der Waals surface area (Å²) >= 11 is 1.21. The maximum Gasteiger partial charge on any atom is 0.283 e. The number of fused-ring (bicyclic) bond motifs is 2. The largest absolute Gasteiger partial charge is 0.497 e. The summed E-state index contributed by atoms with van der Waals surface area (Å²) < 4.78 is 19.7. The van der Waals surface area contributed by atoms with Crippen molar-refractivity contribution in [2.45, 2.75) is 0 Å². The van der Waals surface area contributed by atoms with E-state index >= 15 is 0 Å². The minimum atomic E-state index is -0.431. The first kappa shape index (κ1) is 14.6. The van der Waals surface area contributed by atoms with Crippen molar-refractivity contribution < 1.29 is 9.13 Å². The Morgan fingerprint density at radius 3 is 2.75 bits per heavy atom. The molecule has 8 heteroatoms. The molecular weight excluding hydrogens is 331 g/mol. The van der Waals surface area contributed by atoms with Gasteiger partial charge in [0.05, 0.1) is 18.0 Å². The fraction of sp³-hybridized carbons (Fsp3) is 0.0625. The molecule has 0 spiro atoms. The van der Waals surface area contributed by atoms with Crippen molar-refractivity contribution in [1.82, 2.24) is 14.6 Å². The Balaban J connectivity index is 1.78. The molecule has 4 aromatic rings. The van der Waals surface area contributed by atoms with Crippen LogP contribution in [0.1, 0.15) is 0 Å². The van der Waals surface area contributed by atoms with E-state index in [9.17, 15) is 9.18 Å². The molecule has 2 heterocycles. The second-order valence-electron chi connectivity index (χ2n) is 5.03. The summed E-state index contributed by atoms with van der Waals surface area (Å²) in [5.74, 6) is 0.316. The van der Waals surface area contributed by atoms with Crippen molar-refractivity contribution in [1.29, 1.82) is 0 Å². The van der Waals surface area contributed by atoms with E-state index in [-0.39, 0.29) is 5.56 Å². The van der Waals surface area contributed by atoms with Crippen LogP contribution in [0.3, 0.4) is 0 Å². The molecule has 2 aromatic carbocycles. The molecule has 0 unspecified atom stereocenters. The van der Waals surface area contributed by atoms with E-state index in [2.05, 4.69) is 15.4 Å². The quantitative estimate of drug-likeness (QED) is 0.619. The SMILES string of the molecule is COc1ccc(Nc2nn3c(=O)c4ccc(F)cc4nc3s2)cc1. The van der Waals surface area contributed by atoms with Crippen LogP contribution in [0.4, 0.5) is 15.2 Å². The van der Waals surface area contributed by atoms with E-state index in [1.54, 1.807) is 7.11 Å². The van der Waals surface area contributed by atoms with Crippen LogP contribution >= 0.6 is 11.3 Å². The average Bonchev–Trinajstić information content (AvgIpc) is 2.98. The van der Waals surface area contributed by atoms with Crippen molar-refractivity contribution in [2.75, 3.05) is 12.4 Å². The first-order chi connectivity index (χ1) is 11.6. The summed E-state index contributed by atoms with van der Waals surface area (Å²) in [6, 6.07) is 11.2. The summed E-state index contributed by atoms with van der Waals surface area (Å²) in [7, 11) is 1.60. The van der Waals surface area contributed by atoms with Crippen molar-refractivity contribution in [3.8, 4) is 5.75 Å². The van der Waals surface area contributed by atoms with Crippen molar-refractivity contribution in [3.05, 3.63) is 58.6 Å². The maximum absolute atomic E-state index is 13.3. The van der Waals surface area contributed by atoms with Gasteiger partial charge in [-0.2, -0.15) is 4.52 Å². The third kappa shape index (κ3) is 2.46. The number of ether oxygens (including phenoxy) is 1. The fourth-order valence-electron chi connectivity index (χ4n) is 2.33. The van der Waals surface area contributed by atoms with E-state index in [1.165, 1.54) is 34.1 Å². The number of hydrogen-bond acceptors (Lipinski definition) is 6. The van der Waals surface area contributed by atoms with Crippen LogP contribution in [0.5, 0.6) is 5.75 Å². The van der Waals surface area contributed by atoms with Gasteiger partial charge in [-0.3, -0.25) is 4.79 Å². The average molecular weight is 342 g/mol. The molecule has 0 aliphatic heterocycles. The minimum absolute atomic E-state index is 0.319. The molecule has 24 heavy (non-hydrogen) atoms. The zero-order valence-electron chi connectivity index (χ0n) is 12.5. The van der Waals surface area contributed by atoms with Crippen molar-refractivity contribution in [3.63, 3.8) is 0 Å². The van der Waals surface area contributed by atoms with E-state index in [4.69, 9.17) is 4.74 Å². The van der Waals surface area contributed by atoms with Gasteiger partial charge >= 0.3 is 0 Å². The third-order valence-corrected chi connectivity index (χ3v) is 4.32. The Bertz CT molecular complexity index is 1100. The highest BCUT2D eigenvalue weighted by Gasteiger charge is 2.11. The van der Waals surface area contributed by atoms with Gasteiger partial charge in [0.25, 0.3) is 5.56 Å². The number of nitrogens with zero attached hydrogens (tertiary/aromatic N) is 3. The number of rotatable bonds is 3. The molecule has 0 saturated heterocycles. The molecule has 0 saturated carbocycles. The lowest BCUT2D eigenvalue weighted by atomic mass is 10.2. The number of benzene rings is 2. The standard InChI is InChI=1S/C16H11FN4O2S/c1-23-11-5-3-10(4-6-11)18-15-20-21-14(22)12-7-2-9(17)8-13(12)19-16(21)24-15/h2-8H,1H3,(H,18,20). The van der Waals surface area contributed by atoms with Gasteiger partial charge in [0.2, 0.25) is 10.1 Å². The van der Waals surface area contributed by atoms with Crippen molar-refractivity contribution >= 4 is 38.0 Å². The predicted octanol–water partition coefficient (Wildman–Crippen LogP) is 3.20. The van der Waals surface area contributed by atoms with Gasteiger partial charge in [-0.15, -0.1) is 5.10 Å². The third-order valence-electron chi connectivity index (χ3n) is 3.50. The van der Waals surface area contributed by atoms with Crippen LogP contribution in [0.15, 0.2) is 47.3 Å². The number of hydrogen-bond donors (Lipinski definition) is 1. The van der Waals surface area contributed by atoms with Crippen LogP contribution < -0.4 is 15.6 Å². The predicted molar refractivity (Wildman–Crippen MR) is 90.9 cm³/mol. The van der Waals surface area contributed by atoms with Crippen molar-refractivity contribution in [2.24, 2.45) is 0 Å². The summed E-state index contributed by atoms with van der Waals surface area (Å²) in [5, 5.41) is 8.21. The first-order valence-corrected chi connectivity index (χ1v) is 7.86. The molecule has 1 N–H and O–H groups in total. The van der Waals surface area contributed by atoms with Crippen LogP contribution in [0, 0.1) is 5.82 Å². The minimum Gasteiger partial charge on any atom is -0.497 e. The number of anilines is 2. The van der Waals surface area contributed by atoms with Crippen LogP contribution in [-0.2, 0) is 0 Å².